The average molecular weight is 256 g/mol. The molecule has 100 valence electrons. The molecule has 0 atom stereocenters. The van der Waals surface area contributed by atoms with Gasteiger partial charge < -0.3 is 10.1 Å². The molecule has 1 aromatic heterocycles. The summed E-state index contributed by atoms with van der Waals surface area (Å²) in [6.07, 6.45) is 1.79. The average Bonchev–Trinajstić information content (AvgIpc) is 2.42. The molecule has 0 saturated heterocycles. The van der Waals surface area contributed by atoms with E-state index in [1.54, 1.807) is 6.20 Å². The molecule has 0 bridgehead atoms. The lowest BCUT2D eigenvalue weighted by Crippen LogP contribution is -2.05. The van der Waals surface area contributed by atoms with Gasteiger partial charge in [-0.2, -0.15) is 0 Å². The predicted octanol–water partition coefficient (Wildman–Crippen LogP) is 3.71. The van der Waals surface area contributed by atoms with Crippen LogP contribution in [0.3, 0.4) is 0 Å². The molecule has 2 rings (SSSR count). The van der Waals surface area contributed by atoms with Crippen LogP contribution in [0, 0.1) is 13.8 Å². The number of hydrogen-bond donors (Lipinski definition) is 1. The van der Waals surface area contributed by atoms with Gasteiger partial charge in [-0.05, 0) is 50.1 Å². The number of nitrogens with zero attached hydrogens (tertiary/aromatic N) is 1. The highest BCUT2D eigenvalue weighted by atomic mass is 16.5. The standard InChI is InChI=1S/C16H20N2O/c1-4-17-16-14(6-5-9-18-16)11-19-15-8-7-12(2)13(3)10-15/h5-10H,4,11H2,1-3H3,(H,17,18). The molecule has 1 N–H and O–H groups in total. The van der Waals surface area contributed by atoms with Gasteiger partial charge in [0.15, 0.2) is 0 Å². The van der Waals surface area contributed by atoms with E-state index in [1.807, 2.05) is 18.2 Å². The Morgan fingerprint density at radius 3 is 2.74 bits per heavy atom. The Labute approximate surface area is 114 Å². The Morgan fingerprint density at radius 1 is 1.16 bits per heavy atom. The van der Waals surface area contributed by atoms with Gasteiger partial charge in [0.2, 0.25) is 0 Å². The smallest absolute Gasteiger partial charge is 0.132 e. The molecule has 0 radical (unpaired) electrons. The van der Waals surface area contributed by atoms with E-state index in [0.29, 0.717) is 6.61 Å². The zero-order valence-electron chi connectivity index (χ0n) is 11.7. The molecule has 1 heterocycles. The molecule has 0 unspecified atom stereocenters. The summed E-state index contributed by atoms with van der Waals surface area (Å²) in [5.74, 6) is 1.79. The van der Waals surface area contributed by atoms with Crippen molar-refractivity contribution in [2.24, 2.45) is 0 Å². The normalized spacial score (nSPS) is 10.3. The van der Waals surface area contributed by atoms with Gasteiger partial charge >= 0.3 is 0 Å². The maximum atomic E-state index is 5.83. The fourth-order valence-corrected chi connectivity index (χ4v) is 1.85. The van der Waals surface area contributed by atoms with Crippen LogP contribution in [-0.4, -0.2) is 11.5 Å². The van der Waals surface area contributed by atoms with Crippen LogP contribution in [0.2, 0.25) is 0 Å². The van der Waals surface area contributed by atoms with Crippen LogP contribution in [0.1, 0.15) is 23.6 Å². The van der Waals surface area contributed by atoms with Crippen molar-refractivity contribution in [2.75, 3.05) is 11.9 Å². The van der Waals surface area contributed by atoms with E-state index in [0.717, 1.165) is 23.7 Å². The number of hydrogen-bond acceptors (Lipinski definition) is 3. The molecule has 0 spiro atoms. The summed E-state index contributed by atoms with van der Waals surface area (Å²) < 4.78 is 5.83. The molecule has 2 aromatic rings. The third kappa shape index (κ3) is 3.47. The van der Waals surface area contributed by atoms with Gasteiger partial charge in [-0.25, -0.2) is 4.98 Å². The number of benzene rings is 1. The number of nitrogens with one attached hydrogen (secondary N) is 1. The third-order valence-electron chi connectivity index (χ3n) is 3.11. The molecule has 0 saturated carbocycles. The molecule has 1 aromatic carbocycles. The summed E-state index contributed by atoms with van der Waals surface area (Å²) in [6, 6.07) is 10.1. The molecule has 0 fully saturated rings. The van der Waals surface area contributed by atoms with Gasteiger partial charge in [-0.1, -0.05) is 12.1 Å². The minimum atomic E-state index is 0.526. The fourth-order valence-electron chi connectivity index (χ4n) is 1.85. The molecule has 0 amide bonds. The first kappa shape index (κ1) is 13.4. The van der Waals surface area contributed by atoms with E-state index in [9.17, 15) is 0 Å². The van der Waals surface area contributed by atoms with Crippen LogP contribution in [0.15, 0.2) is 36.5 Å². The van der Waals surface area contributed by atoms with Crippen molar-refractivity contribution in [1.29, 1.82) is 0 Å². The number of anilines is 1. The van der Waals surface area contributed by atoms with Gasteiger partial charge in [-0.3, -0.25) is 0 Å². The summed E-state index contributed by atoms with van der Waals surface area (Å²) in [4.78, 5) is 4.32. The van der Waals surface area contributed by atoms with E-state index >= 15 is 0 Å². The lowest BCUT2D eigenvalue weighted by molar-refractivity contribution is 0.306. The highest BCUT2D eigenvalue weighted by molar-refractivity contribution is 5.43. The second-order valence-electron chi connectivity index (χ2n) is 4.58. The summed E-state index contributed by atoms with van der Waals surface area (Å²) in [5, 5.41) is 3.24. The van der Waals surface area contributed by atoms with Crippen LogP contribution >= 0.6 is 0 Å². The van der Waals surface area contributed by atoms with Gasteiger partial charge in [0, 0.05) is 18.3 Å². The van der Waals surface area contributed by atoms with E-state index in [2.05, 4.69) is 43.2 Å². The molecular formula is C16H20N2O. The molecule has 3 nitrogen and oxygen atoms in total. The van der Waals surface area contributed by atoms with Crippen LogP contribution in [0.4, 0.5) is 5.82 Å². The van der Waals surface area contributed by atoms with Crippen molar-refractivity contribution < 1.29 is 4.74 Å². The summed E-state index contributed by atoms with van der Waals surface area (Å²) >= 11 is 0. The van der Waals surface area contributed by atoms with Crippen molar-refractivity contribution in [3.05, 3.63) is 53.2 Å². The van der Waals surface area contributed by atoms with Crippen LogP contribution in [0.25, 0.3) is 0 Å². The molecule has 0 aliphatic carbocycles. The zero-order valence-corrected chi connectivity index (χ0v) is 11.7. The summed E-state index contributed by atoms with van der Waals surface area (Å²) in [6.45, 7) is 7.63. The lowest BCUT2D eigenvalue weighted by atomic mass is 10.1. The third-order valence-corrected chi connectivity index (χ3v) is 3.11. The highest BCUT2D eigenvalue weighted by Crippen LogP contribution is 2.19. The molecule has 3 heteroatoms. The Hall–Kier alpha value is -2.03. The first-order valence-corrected chi connectivity index (χ1v) is 6.58. The monoisotopic (exact) mass is 256 g/mol. The number of rotatable bonds is 5. The van der Waals surface area contributed by atoms with E-state index in [1.165, 1.54) is 11.1 Å². The zero-order chi connectivity index (χ0) is 13.7. The lowest BCUT2D eigenvalue weighted by Gasteiger charge is -2.11. The molecule has 19 heavy (non-hydrogen) atoms. The largest absolute Gasteiger partial charge is 0.489 e. The Bertz CT molecular complexity index is 552. The van der Waals surface area contributed by atoms with E-state index < -0.39 is 0 Å². The van der Waals surface area contributed by atoms with Crippen molar-refractivity contribution in [1.82, 2.24) is 4.98 Å². The van der Waals surface area contributed by atoms with Gasteiger partial charge in [-0.15, -0.1) is 0 Å². The van der Waals surface area contributed by atoms with Crippen LogP contribution in [0.5, 0.6) is 5.75 Å². The van der Waals surface area contributed by atoms with Gasteiger partial charge in [0.1, 0.15) is 18.2 Å². The maximum Gasteiger partial charge on any atom is 0.132 e. The first-order chi connectivity index (χ1) is 9.20. The van der Waals surface area contributed by atoms with Crippen LogP contribution in [-0.2, 0) is 6.61 Å². The Kier molecular flexibility index (Phi) is 4.39. The van der Waals surface area contributed by atoms with Gasteiger partial charge in [0.05, 0.1) is 0 Å². The summed E-state index contributed by atoms with van der Waals surface area (Å²) in [5.41, 5.74) is 3.60. The maximum absolute atomic E-state index is 5.83. The SMILES string of the molecule is CCNc1ncccc1COc1ccc(C)c(C)c1. The van der Waals surface area contributed by atoms with Crippen molar-refractivity contribution in [3.63, 3.8) is 0 Å². The second kappa shape index (κ2) is 6.23. The highest BCUT2D eigenvalue weighted by Gasteiger charge is 2.03. The second-order valence-corrected chi connectivity index (χ2v) is 4.58. The van der Waals surface area contributed by atoms with Crippen LogP contribution < -0.4 is 10.1 Å². The van der Waals surface area contributed by atoms with E-state index in [-0.39, 0.29) is 0 Å². The first-order valence-electron chi connectivity index (χ1n) is 6.58. The minimum absolute atomic E-state index is 0.526. The van der Waals surface area contributed by atoms with Crippen molar-refractivity contribution in [2.45, 2.75) is 27.4 Å². The fraction of sp³-hybridized carbons (Fsp3) is 0.312. The minimum Gasteiger partial charge on any atom is -0.489 e. The van der Waals surface area contributed by atoms with Crippen molar-refractivity contribution >= 4 is 5.82 Å². The number of pyridine rings is 1. The number of ether oxygens (including phenoxy) is 1. The topological polar surface area (TPSA) is 34.2 Å². The summed E-state index contributed by atoms with van der Waals surface area (Å²) in [7, 11) is 0. The number of aryl methyl sites for hydroxylation is 2. The van der Waals surface area contributed by atoms with Gasteiger partial charge in [0.25, 0.3) is 0 Å². The number of aromatic nitrogens is 1. The van der Waals surface area contributed by atoms with E-state index in [4.69, 9.17) is 4.74 Å². The van der Waals surface area contributed by atoms with Crippen molar-refractivity contribution in [3.8, 4) is 5.75 Å². The molecule has 0 aliphatic rings. The Balaban J connectivity index is 2.07. The molecule has 0 aliphatic heterocycles. The quantitative estimate of drug-likeness (QED) is 0.885. The molecular weight excluding hydrogens is 236 g/mol. The predicted molar refractivity (Wildman–Crippen MR) is 78.6 cm³/mol. The Morgan fingerprint density at radius 2 is 2.00 bits per heavy atom.